The summed E-state index contributed by atoms with van der Waals surface area (Å²) >= 11 is 21.8. The molecule has 2 unspecified atom stereocenters. The van der Waals surface area contributed by atoms with E-state index < -0.39 is 6.04 Å². The van der Waals surface area contributed by atoms with E-state index in [0.29, 0.717) is 31.7 Å². The first-order valence-electron chi connectivity index (χ1n) is 11.8. The molecule has 0 fully saturated rings. The SMILES string of the molecule is CCC(C)NC(=O)C(Cc1ccccc1)N(Cc1ccc(Cl)c(Cl)c1)C(=O)COc1ccc(Cl)cc1Br. The number of benzene rings is 3. The van der Waals surface area contributed by atoms with Crippen LogP contribution in [-0.2, 0) is 22.6 Å². The average Bonchev–Trinajstić information content (AvgIpc) is 2.88. The number of hydrogen-bond donors (Lipinski definition) is 1. The molecule has 0 aliphatic carbocycles. The van der Waals surface area contributed by atoms with Gasteiger partial charge < -0.3 is 15.0 Å². The van der Waals surface area contributed by atoms with Crippen LogP contribution < -0.4 is 10.1 Å². The Kier molecular flexibility index (Phi) is 11.1. The van der Waals surface area contributed by atoms with E-state index in [-0.39, 0.29) is 31.0 Å². The fourth-order valence-corrected chi connectivity index (χ4v) is 4.76. The number of hydrogen-bond acceptors (Lipinski definition) is 3. The third-order valence-electron chi connectivity index (χ3n) is 5.85. The van der Waals surface area contributed by atoms with E-state index in [1.807, 2.05) is 44.2 Å². The number of carbonyl (C=O) groups is 2. The van der Waals surface area contributed by atoms with Crippen molar-refractivity contribution in [1.82, 2.24) is 10.2 Å². The van der Waals surface area contributed by atoms with E-state index in [0.717, 1.165) is 17.5 Å². The fourth-order valence-electron chi connectivity index (χ4n) is 3.64. The third kappa shape index (κ3) is 8.64. The molecule has 2 atom stereocenters. The maximum atomic E-state index is 13.7. The first-order chi connectivity index (χ1) is 17.7. The van der Waals surface area contributed by atoms with Gasteiger partial charge in [0.25, 0.3) is 5.91 Å². The summed E-state index contributed by atoms with van der Waals surface area (Å²) in [6, 6.07) is 19.0. The van der Waals surface area contributed by atoms with E-state index in [2.05, 4.69) is 21.2 Å². The van der Waals surface area contributed by atoms with Crippen molar-refractivity contribution in [3.8, 4) is 5.75 Å². The Balaban J connectivity index is 1.94. The highest BCUT2D eigenvalue weighted by molar-refractivity contribution is 9.10. The summed E-state index contributed by atoms with van der Waals surface area (Å²) in [7, 11) is 0. The summed E-state index contributed by atoms with van der Waals surface area (Å²) in [4.78, 5) is 28.7. The van der Waals surface area contributed by atoms with Crippen molar-refractivity contribution in [3.05, 3.63) is 97.4 Å². The summed E-state index contributed by atoms with van der Waals surface area (Å²) in [6.07, 6.45) is 1.10. The molecule has 2 amide bonds. The van der Waals surface area contributed by atoms with Crippen LogP contribution in [0.1, 0.15) is 31.4 Å². The first kappa shape index (κ1) is 29.3. The quantitative estimate of drug-likeness (QED) is 0.242. The summed E-state index contributed by atoms with van der Waals surface area (Å²) < 4.78 is 6.45. The van der Waals surface area contributed by atoms with Crippen LogP contribution in [0, 0.1) is 0 Å². The Bertz CT molecular complexity index is 1230. The molecule has 0 spiro atoms. The normalized spacial score (nSPS) is 12.5. The van der Waals surface area contributed by atoms with Crippen LogP contribution in [0.3, 0.4) is 0 Å². The van der Waals surface area contributed by atoms with E-state index >= 15 is 0 Å². The Morgan fingerprint density at radius 1 is 0.973 bits per heavy atom. The Morgan fingerprint density at radius 2 is 1.70 bits per heavy atom. The predicted molar refractivity (Wildman–Crippen MR) is 153 cm³/mol. The Morgan fingerprint density at radius 3 is 2.35 bits per heavy atom. The van der Waals surface area contributed by atoms with Gasteiger partial charge in [-0.3, -0.25) is 9.59 Å². The van der Waals surface area contributed by atoms with Gasteiger partial charge in [0.05, 0.1) is 14.5 Å². The van der Waals surface area contributed by atoms with Crippen LogP contribution in [0.4, 0.5) is 0 Å². The number of amides is 2. The minimum absolute atomic E-state index is 0.0472. The second-order valence-electron chi connectivity index (χ2n) is 8.66. The van der Waals surface area contributed by atoms with Gasteiger partial charge in [-0.25, -0.2) is 0 Å². The Hall–Kier alpha value is -2.25. The maximum Gasteiger partial charge on any atom is 0.261 e. The molecule has 0 aliphatic heterocycles. The summed E-state index contributed by atoms with van der Waals surface area (Å²) in [5.41, 5.74) is 1.67. The molecule has 196 valence electrons. The molecular formula is C28H28BrCl3N2O3. The molecule has 37 heavy (non-hydrogen) atoms. The lowest BCUT2D eigenvalue weighted by molar-refractivity contribution is -0.143. The highest BCUT2D eigenvalue weighted by atomic mass is 79.9. The van der Waals surface area contributed by atoms with E-state index in [1.165, 1.54) is 4.90 Å². The molecule has 0 saturated heterocycles. The van der Waals surface area contributed by atoms with Crippen molar-refractivity contribution >= 4 is 62.5 Å². The van der Waals surface area contributed by atoms with Crippen molar-refractivity contribution in [3.63, 3.8) is 0 Å². The summed E-state index contributed by atoms with van der Waals surface area (Å²) in [5, 5.41) is 4.36. The van der Waals surface area contributed by atoms with Gasteiger partial charge in [-0.15, -0.1) is 0 Å². The molecule has 0 saturated carbocycles. The Labute approximate surface area is 241 Å². The van der Waals surface area contributed by atoms with E-state index in [9.17, 15) is 9.59 Å². The number of nitrogens with zero attached hydrogens (tertiary/aromatic N) is 1. The molecule has 5 nitrogen and oxygen atoms in total. The number of rotatable bonds is 11. The molecule has 3 aromatic carbocycles. The van der Waals surface area contributed by atoms with Crippen molar-refractivity contribution in [1.29, 1.82) is 0 Å². The van der Waals surface area contributed by atoms with Gasteiger partial charge in [0, 0.05) is 24.0 Å². The molecule has 3 rings (SSSR count). The molecule has 0 aliphatic rings. The smallest absolute Gasteiger partial charge is 0.261 e. The van der Waals surface area contributed by atoms with Gasteiger partial charge in [0.2, 0.25) is 5.91 Å². The van der Waals surface area contributed by atoms with Crippen LogP contribution in [0.2, 0.25) is 15.1 Å². The molecule has 3 aromatic rings. The standard InChI is InChI=1S/C28H28BrCl3N2O3/c1-3-18(2)33-28(36)25(14-19-7-5-4-6-8-19)34(16-20-9-11-23(31)24(32)13-20)27(35)17-37-26-12-10-21(30)15-22(26)29/h4-13,15,18,25H,3,14,16-17H2,1-2H3,(H,33,36). The second kappa shape index (κ2) is 14.1. The molecular weight excluding hydrogens is 599 g/mol. The summed E-state index contributed by atoms with van der Waals surface area (Å²) in [6.45, 7) is 3.80. The number of ether oxygens (including phenoxy) is 1. The zero-order chi connectivity index (χ0) is 26.9. The van der Waals surface area contributed by atoms with Gasteiger partial charge in [0.15, 0.2) is 6.61 Å². The number of nitrogens with one attached hydrogen (secondary N) is 1. The van der Waals surface area contributed by atoms with Crippen molar-refractivity contribution in [2.24, 2.45) is 0 Å². The van der Waals surface area contributed by atoms with Crippen LogP contribution >= 0.6 is 50.7 Å². The van der Waals surface area contributed by atoms with Crippen LogP contribution in [0.5, 0.6) is 5.75 Å². The lowest BCUT2D eigenvalue weighted by Gasteiger charge is -2.32. The van der Waals surface area contributed by atoms with Gasteiger partial charge in [-0.05, 0) is 70.7 Å². The van der Waals surface area contributed by atoms with Gasteiger partial charge >= 0.3 is 0 Å². The molecule has 0 radical (unpaired) electrons. The topological polar surface area (TPSA) is 58.6 Å². The lowest BCUT2D eigenvalue weighted by Crippen LogP contribution is -2.53. The molecule has 1 N–H and O–H groups in total. The van der Waals surface area contributed by atoms with Crippen molar-refractivity contribution in [2.45, 2.75) is 45.3 Å². The first-order valence-corrected chi connectivity index (χ1v) is 13.8. The van der Waals surface area contributed by atoms with Gasteiger partial charge in [-0.2, -0.15) is 0 Å². The number of carbonyl (C=O) groups excluding carboxylic acids is 2. The largest absolute Gasteiger partial charge is 0.483 e. The molecule has 0 bridgehead atoms. The van der Waals surface area contributed by atoms with Crippen molar-refractivity contribution in [2.75, 3.05) is 6.61 Å². The minimum Gasteiger partial charge on any atom is -0.483 e. The van der Waals surface area contributed by atoms with Crippen molar-refractivity contribution < 1.29 is 14.3 Å². The van der Waals surface area contributed by atoms with E-state index in [1.54, 1.807) is 36.4 Å². The monoisotopic (exact) mass is 624 g/mol. The zero-order valence-corrected chi connectivity index (χ0v) is 24.4. The van der Waals surface area contributed by atoms with Gasteiger partial charge in [-0.1, -0.05) is 78.1 Å². The predicted octanol–water partition coefficient (Wildman–Crippen LogP) is 7.34. The third-order valence-corrected chi connectivity index (χ3v) is 7.45. The minimum atomic E-state index is -0.782. The number of halogens is 4. The van der Waals surface area contributed by atoms with Crippen LogP contribution in [-0.4, -0.2) is 35.4 Å². The van der Waals surface area contributed by atoms with Gasteiger partial charge in [0.1, 0.15) is 11.8 Å². The lowest BCUT2D eigenvalue weighted by atomic mass is 10.0. The van der Waals surface area contributed by atoms with Crippen LogP contribution in [0.15, 0.2) is 71.2 Å². The highest BCUT2D eigenvalue weighted by Crippen LogP contribution is 2.28. The zero-order valence-electron chi connectivity index (χ0n) is 20.5. The average molecular weight is 627 g/mol. The van der Waals surface area contributed by atoms with Crippen LogP contribution in [0.25, 0.3) is 0 Å². The summed E-state index contributed by atoms with van der Waals surface area (Å²) in [5.74, 6) is -0.122. The molecule has 0 heterocycles. The highest BCUT2D eigenvalue weighted by Gasteiger charge is 2.31. The van der Waals surface area contributed by atoms with E-state index in [4.69, 9.17) is 39.5 Å². The fraction of sp³-hybridized carbons (Fsp3) is 0.286. The molecule has 0 aromatic heterocycles. The second-order valence-corrected chi connectivity index (χ2v) is 10.8. The molecule has 9 heteroatoms. The maximum absolute atomic E-state index is 13.7.